The van der Waals surface area contributed by atoms with Gasteiger partial charge in [0, 0.05) is 6.54 Å². The van der Waals surface area contributed by atoms with Gasteiger partial charge in [0.05, 0.1) is 0 Å². The van der Waals surface area contributed by atoms with Gasteiger partial charge in [-0.05, 0) is 6.92 Å². The number of rotatable bonds is 2. The van der Waals surface area contributed by atoms with Crippen LogP contribution in [-0.2, 0) is 0 Å². The molecule has 8 heavy (non-hydrogen) atoms. The molecule has 0 bridgehead atoms. The second-order valence-corrected chi connectivity index (χ2v) is 1.28. The van der Waals surface area contributed by atoms with Crippen molar-refractivity contribution in [2.45, 2.75) is 6.92 Å². The molecule has 0 rings (SSSR count). The van der Waals surface area contributed by atoms with Crippen LogP contribution in [0.5, 0.6) is 0 Å². The van der Waals surface area contributed by atoms with Gasteiger partial charge in [-0.3, -0.25) is 0 Å². The second-order valence-electron chi connectivity index (χ2n) is 1.28. The molecule has 0 saturated heterocycles. The molecule has 0 aromatic carbocycles. The van der Waals surface area contributed by atoms with E-state index in [1.165, 1.54) is 0 Å². The number of nitrogens with one attached hydrogen (secondary N) is 2. The molecule has 3 heteroatoms. The number of carbonyl (C=O) groups is 1. The molecule has 1 radical (unpaired) electrons. The Morgan fingerprint density at radius 2 is 2.50 bits per heavy atom. The van der Waals surface area contributed by atoms with Crippen molar-refractivity contribution in [2.24, 2.45) is 0 Å². The van der Waals surface area contributed by atoms with Gasteiger partial charge in [0.15, 0.2) is 0 Å². The van der Waals surface area contributed by atoms with Crippen LogP contribution in [0.1, 0.15) is 6.92 Å². The van der Waals surface area contributed by atoms with Crippen molar-refractivity contribution in [3.05, 3.63) is 12.2 Å². The van der Waals surface area contributed by atoms with Crippen LogP contribution in [0.15, 0.2) is 12.2 Å². The van der Waals surface area contributed by atoms with Crippen molar-refractivity contribution in [2.75, 3.05) is 6.54 Å². The maximum Gasteiger partial charge on any atom is 0.333 e. The van der Waals surface area contributed by atoms with E-state index >= 15 is 0 Å². The van der Waals surface area contributed by atoms with E-state index in [1.807, 2.05) is 13.0 Å². The number of hydrogen-bond donors (Lipinski definition) is 1. The molecular weight excluding hydrogens is 104 g/mol. The van der Waals surface area contributed by atoms with Gasteiger partial charge >= 0.3 is 6.03 Å². The minimum absolute atomic E-state index is 0.457. The highest BCUT2D eigenvalue weighted by atomic mass is 16.2. The Labute approximate surface area is 48.6 Å². The summed E-state index contributed by atoms with van der Waals surface area (Å²) in [6.45, 7) is 2.31. The van der Waals surface area contributed by atoms with Crippen LogP contribution in [0.2, 0.25) is 0 Å². The van der Waals surface area contributed by atoms with E-state index in [0.29, 0.717) is 6.54 Å². The fraction of sp³-hybridized carbons (Fsp3) is 0.400. The number of urea groups is 1. The lowest BCUT2D eigenvalue weighted by molar-refractivity contribution is 0.248. The van der Waals surface area contributed by atoms with Gasteiger partial charge in [-0.1, -0.05) is 12.2 Å². The van der Waals surface area contributed by atoms with Crippen LogP contribution in [0.4, 0.5) is 4.79 Å². The van der Waals surface area contributed by atoms with Crippen LogP contribution in [0.3, 0.4) is 0 Å². The fourth-order valence-corrected chi connectivity index (χ4v) is 0.269. The van der Waals surface area contributed by atoms with Crippen LogP contribution in [0.25, 0.3) is 0 Å². The van der Waals surface area contributed by atoms with E-state index in [-0.39, 0.29) is 0 Å². The third kappa shape index (κ3) is 5.01. The van der Waals surface area contributed by atoms with Gasteiger partial charge in [0.25, 0.3) is 0 Å². The first-order chi connectivity index (χ1) is 3.77. The lowest BCUT2D eigenvalue weighted by Crippen LogP contribution is -2.21. The minimum Gasteiger partial charge on any atom is -0.333 e. The molecule has 2 N–H and O–H groups in total. The first kappa shape index (κ1) is 7.01. The summed E-state index contributed by atoms with van der Waals surface area (Å²) in [5.74, 6) is 0. The zero-order valence-electron chi connectivity index (χ0n) is 4.77. The Morgan fingerprint density at radius 1 is 1.88 bits per heavy atom. The van der Waals surface area contributed by atoms with Gasteiger partial charge in [-0.2, -0.15) is 0 Å². The van der Waals surface area contributed by atoms with Gasteiger partial charge in [0.1, 0.15) is 0 Å². The predicted octanol–water partition coefficient (Wildman–Crippen LogP) is 0.555. The van der Waals surface area contributed by atoms with Crippen LogP contribution in [0, 0.1) is 0 Å². The molecule has 0 saturated carbocycles. The first-order valence-corrected chi connectivity index (χ1v) is 2.38. The normalized spacial score (nSPS) is 9.62. The Morgan fingerprint density at radius 3 is 2.88 bits per heavy atom. The van der Waals surface area contributed by atoms with Crippen LogP contribution in [-0.4, -0.2) is 12.6 Å². The minimum atomic E-state index is -0.733. The summed E-state index contributed by atoms with van der Waals surface area (Å²) in [4.78, 5) is 9.84. The molecule has 0 unspecified atom stereocenters. The molecule has 3 nitrogen and oxygen atoms in total. The SMILES string of the molecule is CC=CCNC([NH])=O. The average Bonchev–Trinajstić information content (AvgIpc) is 1.66. The zero-order valence-corrected chi connectivity index (χ0v) is 4.77. The van der Waals surface area contributed by atoms with Gasteiger partial charge < -0.3 is 5.32 Å². The first-order valence-electron chi connectivity index (χ1n) is 2.38. The van der Waals surface area contributed by atoms with E-state index in [4.69, 9.17) is 5.73 Å². The second kappa shape index (κ2) is 4.18. The number of hydrogen-bond acceptors (Lipinski definition) is 1. The average molecular weight is 113 g/mol. The smallest absolute Gasteiger partial charge is 0.333 e. The zero-order chi connectivity index (χ0) is 6.41. The van der Waals surface area contributed by atoms with Crippen molar-refractivity contribution in [3.8, 4) is 0 Å². The molecule has 0 aromatic rings. The Hall–Kier alpha value is -0.990. The van der Waals surface area contributed by atoms with Crippen molar-refractivity contribution in [1.29, 1.82) is 0 Å². The van der Waals surface area contributed by atoms with Gasteiger partial charge in [0.2, 0.25) is 0 Å². The summed E-state index contributed by atoms with van der Waals surface area (Å²) in [5.41, 5.74) is 6.37. The summed E-state index contributed by atoms with van der Waals surface area (Å²) in [7, 11) is 0. The van der Waals surface area contributed by atoms with E-state index in [2.05, 4.69) is 5.32 Å². The highest BCUT2D eigenvalue weighted by molar-refractivity contribution is 5.70. The van der Waals surface area contributed by atoms with E-state index in [1.54, 1.807) is 6.08 Å². The molecule has 0 heterocycles. The number of carbonyl (C=O) groups excluding carboxylic acids is 1. The van der Waals surface area contributed by atoms with E-state index in [0.717, 1.165) is 0 Å². The molecule has 0 aromatic heterocycles. The van der Waals surface area contributed by atoms with Crippen LogP contribution >= 0.6 is 0 Å². The van der Waals surface area contributed by atoms with E-state index in [9.17, 15) is 4.79 Å². The number of allylic oxidation sites excluding steroid dienone is 1. The van der Waals surface area contributed by atoms with Crippen molar-refractivity contribution in [1.82, 2.24) is 11.1 Å². The molecule has 0 aliphatic heterocycles. The van der Waals surface area contributed by atoms with Crippen molar-refractivity contribution < 1.29 is 4.79 Å². The van der Waals surface area contributed by atoms with Gasteiger partial charge in [-0.15, -0.1) is 0 Å². The Kier molecular flexibility index (Phi) is 3.66. The molecule has 0 aliphatic rings. The maximum absolute atomic E-state index is 9.84. The topological polar surface area (TPSA) is 52.9 Å². The molecule has 0 aliphatic carbocycles. The summed E-state index contributed by atoms with van der Waals surface area (Å²) in [6, 6.07) is -0.733. The molecule has 0 fully saturated rings. The molecule has 2 amide bonds. The highest BCUT2D eigenvalue weighted by Crippen LogP contribution is 1.65. The lowest BCUT2D eigenvalue weighted by Gasteiger charge is -1.90. The summed E-state index contributed by atoms with van der Waals surface area (Å²) in [6.07, 6.45) is 3.59. The maximum atomic E-state index is 9.84. The van der Waals surface area contributed by atoms with Gasteiger partial charge in [-0.25, -0.2) is 10.5 Å². The fourth-order valence-electron chi connectivity index (χ4n) is 0.269. The molecule has 0 spiro atoms. The summed E-state index contributed by atoms with van der Waals surface area (Å²) in [5, 5.41) is 2.29. The Balaban J connectivity index is 3.05. The standard InChI is InChI=1S/C5H9N2O/c1-2-3-4-7-5(6)8/h2-3,6H,4H2,1H3,(H,7,8). The molecule has 0 atom stereocenters. The summed E-state index contributed by atoms with van der Waals surface area (Å²) >= 11 is 0. The molecule has 45 valence electrons. The quantitative estimate of drug-likeness (QED) is 0.522. The largest absolute Gasteiger partial charge is 0.333 e. The third-order valence-electron chi connectivity index (χ3n) is 0.616. The monoisotopic (exact) mass is 113 g/mol. The summed E-state index contributed by atoms with van der Waals surface area (Å²) < 4.78 is 0. The lowest BCUT2D eigenvalue weighted by atomic mass is 10.5. The Bertz CT molecular complexity index is 98.6. The van der Waals surface area contributed by atoms with Crippen molar-refractivity contribution >= 4 is 6.03 Å². The van der Waals surface area contributed by atoms with Crippen molar-refractivity contribution in [3.63, 3.8) is 0 Å². The molecular formula is C5H9N2O. The number of amides is 2. The van der Waals surface area contributed by atoms with E-state index < -0.39 is 6.03 Å². The van der Waals surface area contributed by atoms with Crippen LogP contribution < -0.4 is 11.1 Å². The predicted molar refractivity (Wildman–Crippen MR) is 31.3 cm³/mol. The third-order valence-corrected chi connectivity index (χ3v) is 0.616. The highest BCUT2D eigenvalue weighted by Gasteiger charge is 1.83.